The zero-order valence-corrected chi connectivity index (χ0v) is 19.0. The summed E-state index contributed by atoms with van der Waals surface area (Å²) < 4.78 is 0. The molecule has 3 aromatic rings. The summed E-state index contributed by atoms with van der Waals surface area (Å²) in [6, 6.07) is 19.3. The number of Topliss-reactive ketones (excluding diaryl/α,β-unsaturated/α-hetero) is 1. The Hall–Kier alpha value is -3.97. The van der Waals surface area contributed by atoms with Crippen LogP contribution < -0.4 is 9.80 Å². The molecule has 2 fully saturated rings. The van der Waals surface area contributed by atoms with Crippen LogP contribution in [0.1, 0.15) is 17.2 Å². The number of likely N-dealkylation sites (N-methyl/N-ethyl adjacent to an activating group) is 1. The van der Waals surface area contributed by atoms with Crippen molar-refractivity contribution < 1.29 is 14.7 Å². The zero-order chi connectivity index (χ0) is 23.7. The van der Waals surface area contributed by atoms with E-state index in [0.29, 0.717) is 16.8 Å². The van der Waals surface area contributed by atoms with Crippen molar-refractivity contribution in [1.82, 2.24) is 9.88 Å². The van der Waals surface area contributed by atoms with Crippen LogP contribution in [0, 0.1) is 0 Å². The predicted molar refractivity (Wildman–Crippen MR) is 132 cm³/mol. The molecule has 2 saturated heterocycles. The summed E-state index contributed by atoms with van der Waals surface area (Å²) in [5.41, 5.74) is 2.88. The van der Waals surface area contributed by atoms with Crippen LogP contribution in [0.5, 0.6) is 0 Å². The molecule has 1 amide bonds. The number of aliphatic hydroxyl groups is 1. The van der Waals surface area contributed by atoms with Gasteiger partial charge in [0.25, 0.3) is 11.7 Å². The predicted octanol–water partition coefficient (Wildman–Crippen LogP) is 3.46. The third kappa shape index (κ3) is 3.95. The van der Waals surface area contributed by atoms with E-state index in [4.69, 9.17) is 0 Å². The van der Waals surface area contributed by atoms with Crippen molar-refractivity contribution in [3.05, 3.63) is 95.8 Å². The second kappa shape index (κ2) is 9.11. The Morgan fingerprint density at radius 2 is 1.56 bits per heavy atom. The van der Waals surface area contributed by atoms with Crippen molar-refractivity contribution in [2.75, 3.05) is 43.0 Å². The van der Waals surface area contributed by atoms with Gasteiger partial charge < -0.3 is 14.9 Å². The number of piperazine rings is 1. The summed E-state index contributed by atoms with van der Waals surface area (Å²) in [6.45, 7) is 3.87. The number of pyridine rings is 1. The maximum atomic E-state index is 13.3. The molecule has 1 aromatic heterocycles. The third-order valence-corrected chi connectivity index (χ3v) is 6.49. The lowest BCUT2D eigenvalue weighted by molar-refractivity contribution is -0.132. The fourth-order valence-electron chi connectivity index (χ4n) is 4.59. The van der Waals surface area contributed by atoms with Crippen LogP contribution in [0.4, 0.5) is 11.4 Å². The Bertz CT molecular complexity index is 1220. The van der Waals surface area contributed by atoms with E-state index in [1.165, 1.54) is 4.90 Å². The van der Waals surface area contributed by atoms with E-state index < -0.39 is 17.7 Å². The van der Waals surface area contributed by atoms with Gasteiger partial charge >= 0.3 is 0 Å². The van der Waals surface area contributed by atoms with E-state index in [-0.39, 0.29) is 11.3 Å². The molecule has 0 spiro atoms. The summed E-state index contributed by atoms with van der Waals surface area (Å²) in [6.07, 6.45) is 3.26. The van der Waals surface area contributed by atoms with Gasteiger partial charge in [0.2, 0.25) is 0 Å². The van der Waals surface area contributed by atoms with Gasteiger partial charge in [-0.2, -0.15) is 0 Å². The average Bonchev–Trinajstić information content (AvgIpc) is 3.15. The van der Waals surface area contributed by atoms with Gasteiger partial charge in [0, 0.05) is 55.5 Å². The first-order chi connectivity index (χ1) is 16.5. The lowest BCUT2D eigenvalue weighted by atomic mass is 9.96. The first-order valence-corrected chi connectivity index (χ1v) is 11.3. The van der Waals surface area contributed by atoms with E-state index in [1.54, 1.807) is 42.7 Å². The monoisotopic (exact) mass is 454 g/mol. The number of hydrogen-bond acceptors (Lipinski definition) is 6. The van der Waals surface area contributed by atoms with Crippen LogP contribution in [0.3, 0.4) is 0 Å². The topological polar surface area (TPSA) is 77.0 Å². The lowest BCUT2D eigenvalue weighted by Gasteiger charge is -2.34. The minimum Gasteiger partial charge on any atom is -0.507 e. The summed E-state index contributed by atoms with van der Waals surface area (Å²) in [5, 5.41) is 11.1. The summed E-state index contributed by atoms with van der Waals surface area (Å²) in [4.78, 5) is 36.7. The van der Waals surface area contributed by atoms with E-state index in [2.05, 4.69) is 21.8 Å². The zero-order valence-electron chi connectivity index (χ0n) is 19.0. The largest absolute Gasteiger partial charge is 0.507 e. The molecule has 34 heavy (non-hydrogen) atoms. The maximum absolute atomic E-state index is 13.3. The molecule has 0 saturated carbocycles. The molecule has 2 aromatic carbocycles. The number of anilines is 2. The fourth-order valence-corrected chi connectivity index (χ4v) is 4.59. The number of carbonyl (C=O) groups excluding carboxylic acids is 2. The van der Waals surface area contributed by atoms with Gasteiger partial charge in [-0.25, -0.2) is 0 Å². The molecule has 1 N–H and O–H groups in total. The Balaban J connectivity index is 1.56. The number of ketones is 1. The van der Waals surface area contributed by atoms with Gasteiger partial charge in [0.15, 0.2) is 0 Å². The van der Waals surface area contributed by atoms with Crippen LogP contribution in [-0.4, -0.2) is 59.9 Å². The number of carbonyl (C=O) groups is 2. The molecule has 0 bridgehead atoms. The van der Waals surface area contributed by atoms with Crippen molar-refractivity contribution in [1.29, 1.82) is 0 Å². The Morgan fingerprint density at radius 3 is 2.21 bits per heavy atom. The lowest BCUT2D eigenvalue weighted by Crippen LogP contribution is -2.44. The number of aliphatic hydroxyl groups excluding tert-OH is 1. The molecule has 2 aliphatic rings. The van der Waals surface area contributed by atoms with Crippen molar-refractivity contribution in [3.63, 3.8) is 0 Å². The second-order valence-corrected chi connectivity index (χ2v) is 8.63. The summed E-state index contributed by atoms with van der Waals surface area (Å²) in [5.74, 6) is -1.57. The highest BCUT2D eigenvalue weighted by Gasteiger charge is 2.47. The highest BCUT2D eigenvalue weighted by molar-refractivity contribution is 6.51. The number of nitrogens with zero attached hydrogens (tertiary/aromatic N) is 4. The van der Waals surface area contributed by atoms with Crippen molar-refractivity contribution in [2.45, 2.75) is 6.04 Å². The fraction of sp³-hybridized carbons (Fsp3) is 0.222. The molecule has 1 unspecified atom stereocenters. The van der Waals surface area contributed by atoms with E-state index in [1.807, 2.05) is 36.4 Å². The quantitative estimate of drug-likeness (QED) is 0.370. The Labute approximate surface area is 198 Å². The van der Waals surface area contributed by atoms with Crippen molar-refractivity contribution in [3.8, 4) is 0 Å². The maximum Gasteiger partial charge on any atom is 0.300 e. The number of hydrogen-bond donors (Lipinski definition) is 1. The van der Waals surface area contributed by atoms with E-state index in [0.717, 1.165) is 31.9 Å². The SMILES string of the molecule is CN1CCN(c2ccc(N3C(=O)C(=O)/C(=C(/O)c4ccccc4)C3c3cccnc3)cc2)CC1. The molecule has 5 rings (SSSR count). The molecule has 0 radical (unpaired) electrons. The van der Waals surface area contributed by atoms with Gasteiger partial charge in [-0.15, -0.1) is 0 Å². The van der Waals surface area contributed by atoms with Gasteiger partial charge in [0.05, 0.1) is 11.6 Å². The number of benzene rings is 2. The Kier molecular flexibility index (Phi) is 5.86. The molecule has 2 aliphatic heterocycles. The van der Waals surface area contributed by atoms with Crippen molar-refractivity contribution >= 4 is 28.8 Å². The molecule has 7 heteroatoms. The van der Waals surface area contributed by atoms with Gasteiger partial charge in [-0.3, -0.25) is 19.5 Å². The van der Waals surface area contributed by atoms with Gasteiger partial charge in [-0.1, -0.05) is 36.4 Å². The average molecular weight is 455 g/mol. The molecule has 1 atom stereocenters. The number of rotatable bonds is 4. The van der Waals surface area contributed by atoms with Crippen LogP contribution in [-0.2, 0) is 9.59 Å². The smallest absolute Gasteiger partial charge is 0.300 e. The van der Waals surface area contributed by atoms with Crippen molar-refractivity contribution in [2.24, 2.45) is 0 Å². The summed E-state index contributed by atoms with van der Waals surface area (Å²) >= 11 is 0. The first-order valence-electron chi connectivity index (χ1n) is 11.3. The highest BCUT2D eigenvalue weighted by Crippen LogP contribution is 2.42. The first kappa shape index (κ1) is 21.9. The van der Waals surface area contributed by atoms with Crippen LogP contribution in [0.15, 0.2) is 84.7 Å². The van der Waals surface area contributed by atoms with Gasteiger partial charge in [0.1, 0.15) is 5.76 Å². The Morgan fingerprint density at radius 1 is 0.882 bits per heavy atom. The number of amides is 1. The second-order valence-electron chi connectivity index (χ2n) is 8.63. The molecule has 172 valence electrons. The number of aromatic nitrogens is 1. The minimum atomic E-state index is -0.775. The standard InChI is InChI=1S/C27H26N4O3/c1-29-14-16-30(17-15-29)21-9-11-22(12-10-21)31-24(20-8-5-13-28-18-20)23(26(33)27(31)34)25(32)19-6-3-2-4-7-19/h2-13,18,24,32H,14-17H2,1H3/b25-23+. The third-order valence-electron chi connectivity index (χ3n) is 6.49. The van der Waals surface area contributed by atoms with Crippen LogP contribution in [0.25, 0.3) is 5.76 Å². The molecule has 3 heterocycles. The summed E-state index contributed by atoms with van der Waals surface area (Å²) in [7, 11) is 2.12. The van der Waals surface area contributed by atoms with E-state index in [9.17, 15) is 14.7 Å². The highest BCUT2D eigenvalue weighted by atomic mass is 16.3. The van der Waals surface area contributed by atoms with Crippen LogP contribution in [0.2, 0.25) is 0 Å². The minimum absolute atomic E-state index is 0.0624. The van der Waals surface area contributed by atoms with Gasteiger partial charge in [-0.05, 0) is 42.9 Å². The molecule has 0 aliphatic carbocycles. The van der Waals surface area contributed by atoms with E-state index >= 15 is 0 Å². The molecular formula is C27H26N4O3. The normalized spacial score (nSPS) is 20.7. The van der Waals surface area contributed by atoms with Crippen LogP contribution >= 0.6 is 0 Å². The molecule has 7 nitrogen and oxygen atoms in total. The molecular weight excluding hydrogens is 428 g/mol.